The van der Waals surface area contributed by atoms with Crippen LogP contribution in [0.1, 0.15) is 37.4 Å². The molecule has 0 amide bonds. The maximum Gasteiger partial charge on any atom is 0.0995 e. The van der Waals surface area contributed by atoms with E-state index in [1.165, 1.54) is 0 Å². The zero-order valence-corrected chi connectivity index (χ0v) is 8.70. The van der Waals surface area contributed by atoms with E-state index in [1.54, 1.807) is 0 Å². The Hall–Kier alpha value is -1.33. The lowest BCUT2D eigenvalue weighted by Crippen LogP contribution is -2.19. The molecule has 0 spiro atoms. The molecule has 0 aliphatic rings. The minimum absolute atomic E-state index is 0.0316. The van der Waals surface area contributed by atoms with E-state index in [1.807, 2.05) is 24.3 Å². The largest absolute Gasteiger partial charge is 0.324 e. The molecule has 0 aliphatic carbocycles. The molecular formula is C12H16N2. The van der Waals surface area contributed by atoms with Gasteiger partial charge in [-0.3, -0.25) is 0 Å². The van der Waals surface area contributed by atoms with Crippen LogP contribution in [0.25, 0.3) is 0 Å². The second-order valence-electron chi connectivity index (χ2n) is 3.61. The van der Waals surface area contributed by atoms with Gasteiger partial charge in [0.25, 0.3) is 0 Å². The zero-order chi connectivity index (χ0) is 10.6. The molecule has 1 aromatic rings. The van der Waals surface area contributed by atoms with Gasteiger partial charge in [-0.25, -0.2) is 0 Å². The highest BCUT2D eigenvalue weighted by molar-refractivity contribution is 5.39. The van der Waals surface area contributed by atoms with E-state index in [4.69, 9.17) is 11.0 Å². The maximum atomic E-state index is 8.92. The van der Waals surface area contributed by atoms with Gasteiger partial charge in [-0.1, -0.05) is 38.5 Å². The Morgan fingerprint density at radius 2 is 2.07 bits per heavy atom. The molecule has 0 fully saturated rings. The molecule has 2 atom stereocenters. The normalized spacial score (nSPS) is 14.4. The lowest BCUT2D eigenvalue weighted by molar-refractivity contribution is 0.456. The average Bonchev–Trinajstić information content (AvgIpc) is 2.26. The van der Waals surface area contributed by atoms with Gasteiger partial charge in [-0.15, -0.1) is 0 Å². The van der Waals surface area contributed by atoms with E-state index < -0.39 is 0 Å². The monoisotopic (exact) mass is 188 g/mol. The third-order valence-corrected chi connectivity index (χ3v) is 2.70. The van der Waals surface area contributed by atoms with Crippen LogP contribution in [-0.2, 0) is 0 Å². The highest BCUT2D eigenvalue weighted by Crippen LogP contribution is 2.24. The van der Waals surface area contributed by atoms with Crippen molar-refractivity contribution in [3.8, 4) is 6.07 Å². The fourth-order valence-corrected chi connectivity index (χ4v) is 1.45. The van der Waals surface area contributed by atoms with Gasteiger partial charge in [0.2, 0.25) is 0 Å². The summed E-state index contributed by atoms with van der Waals surface area (Å²) < 4.78 is 0. The van der Waals surface area contributed by atoms with Crippen molar-refractivity contribution in [2.24, 2.45) is 11.7 Å². The number of benzene rings is 1. The van der Waals surface area contributed by atoms with E-state index in [2.05, 4.69) is 19.9 Å². The van der Waals surface area contributed by atoms with Crippen molar-refractivity contribution in [3.05, 3.63) is 35.4 Å². The summed E-state index contributed by atoms with van der Waals surface area (Å²) in [5, 5.41) is 8.92. The first-order valence-electron chi connectivity index (χ1n) is 4.95. The van der Waals surface area contributed by atoms with Crippen LogP contribution >= 0.6 is 0 Å². The topological polar surface area (TPSA) is 49.8 Å². The number of nitrogens with zero attached hydrogens (tertiary/aromatic N) is 1. The molecule has 0 saturated heterocycles. The van der Waals surface area contributed by atoms with Crippen molar-refractivity contribution in [2.75, 3.05) is 0 Å². The van der Waals surface area contributed by atoms with E-state index in [0.717, 1.165) is 12.0 Å². The summed E-state index contributed by atoms with van der Waals surface area (Å²) in [6.07, 6.45) is 1.03. The molecule has 14 heavy (non-hydrogen) atoms. The molecular weight excluding hydrogens is 172 g/mol. The lowest BCUT2D eigenvalue weighted by atomic mass is 9.91. The van der Waals surface area contributed by atoms with Gasteiger partial charge in [-0.05, 0) is 17.5 Å². The number of hydrogen-bond acceptors (Lipinski definition) is 2. The second kappa shape index (κ2) is 4.78. The standard InChI is InChI=1S/C12H16N2/c1-3-9(2)12(14)11-7-5-4-6-10(11)8-13/h4-7,9,12H,3,14H2,1-2H3/t9?,12-/m0/s1. The molecule has 0 aliphatic heterocycles. The molecule has 1 rings (SSSR count). The molecule has 2 nitrogen and oxygen atoms in total. The Bertz CT molecular complexity index is 338. The SMILES string of the molecule is CCC(C)[C@H](N)c1ccccc1C#N. The van der Waals surface area contributed by atoms with E-state index in [9.17, 15) is 0 Å². The summed E-state index contributed by atoms with van der Waals surface area (Å²) >= 11 is 0. The molecule has 74 valence electrons. The summed E-state index contributed by atoms with van der Waals surface area (Å²) in [4.78, 5) is 0. The third-order valence-electron chi connectivity index (χ3n) is 2.70. The summed E-state index contributed by atoms with van der Waals surface area (Å²) in [6.45, 7) is 4.22. The van der Waals surface area contributed by atoms with E-state index in [0.29, 0.717) is 11.5 Å². The Balaban J connectivity index is 3.01. The fraction of sp³-hybridized carbons (Fsp3) is 0.417. The van der Waals surface area contributed by atoms with E-state index in [-0.39, 0.29) is 6.04 Å². The molecule has 2 heteroatoms. The third kappa shape index (κ3) is 2.12. The summed E-state index contributed by atoms with van der Waals surface area (Å²) in [5.41, 5.74) is 7.73. The van der Waals surface area contributed by atoms with Gasteiger partial charge in [0, 0.05) is 6.04 Å². The highest BCUT2D eigenvalue weighted by Gasteiger charge is 2.15. The van der Waals surface area contributed by atoms with Crippen LogP contribution in [0.2, 0.25) is 0 Å². The zero-order valence-electron chi connectivity index (χ0n) is 8.70. The van der Waals surface area contributed by atoms with Crippen LogP contribution in [0.5, 0.6) is 0 Å². The van der Waals surface area contributed by atoms with Gasteiger partial charge in [0.1, 0.15) is 0 Å². The first-order chi connectivity index (χ1) is 6.70. The number of hydrogen-bond donors (Lipinski definition) is 1. The molecule has 0 radical (unpaired) electrons. The maximum absolute atomic E-state index is 8.92. The predicted octanol–water partition coefficient (Wildman–Crippen LogP) is 2.60. The van der Waals surface area contributed by atoms with Crippen LogP contribution < -0.4 is 5.73 Å². The molecule has 0 heterocycles. The molecule has 2 N–H and O–H groups in total. The smallest absolute Gasteiger partial charge is 0.0995 e. The van der Waals surface area contributed by atoms with Crippen molar-refractivity contribution in [3.63, 3.8) is 0 Å². The van der Waals surface area contributed by atoms with Crippen LogP contribution in [0, 0.1) is 17.2 Å². The van der Waals surface area contributed by atoms with Crippen molar-refractivity contribution in [2.45, 2.75) is 26.3 Å². The first kappa shape index (κ1) is 10.7. The second-order valence-corrected chi connectivity index (χ2v) is 3.61. The van der Waals surface area contributed by atoms with Gasteiger partial charge in [-0.2, -0.15) is 5.26 Å². The van der Waals surface area contributed by atoms with Crippen molar-refractivity contribution < 1.29 is 0 Å². The fourth-order valence-electron chi connectivity index (χ4n) is 1.45. The Morgan fingerprint density at radius 3 is 2.64 bits per heavy atom. The first-order valence-corrected chi connectivity index (χ1v) is 4.95. The molecule has 0 aromatic heterocycles. The highest BCUT2D eigenvalue weighted by atomic mass is 14.6. The van der Waals surface area contributed by atoms with Crippen LogP contribution in [0.15, 0.2) is 24.3 Å². The van der Waals surface area contributed by atoms with Crippen LogP contribution in [0.3, 0.4) is 0 Å². The summed E-state index contributed by atoms with van der Waals surface area (Å²) in [6, 6.07) is 9.70. The quantitative estimate of drug-likeness (QED) is 0.792. The number of nitrogens with two attached hydrogens (primary N) is 1. The molecule has 1 aromatic carbocycles. The molecule has 0 bridgehead atoms. The van der Waals surface area contributed by atoms with E-state index >= 15 is 0 Å². The molecule has 1 unspecified atom stereocenters. The van der Waals surface area contributed by atoms with Gasteiger partial charge in [0.05, 0.1) is 11.6 Å². The number of rotatable bonds is 3. The minimum Gasteiger partial charge on any atom is -0.324 e. The van der Waals surface area contributed by atoms with Gasteiger partial charge >= 0.3 is 0 Å². The summed E-state index contributed by atoms with van der Waals surface area (Å²) in [7, 11) is 0. The number of nitriles is 1. The predicted molar refractivity (Wildman–Crippen MR) is 57.5 cm³/mol. The van der Waals surface area contributed by atoms with Crippen molar-refractivity contribution in [1.29, 1.82) is 5.26 Å². The minimum atomic E-state index is -0.0316. The van der Waals surface area contributed by atoms with Crippen molar-refractivity contribution >= 4 is 0 Å². The Labute approximate surface area is 85.4 Å². The average molecular weight is 188 g/mol. The van der Waals surface area contributed by atoms with Crippen molar-refractivity contribution in [1.82, 2.24) is 0 Å². The van der Waals surface area contributed by atoms with Gasteiger partial charge in [0.15, 0.2) is 0 Å². The summed E-state index contributed by atoms with van der Waals surface area (Å²) in [5.74, 6) is 0.407. The Morgan fingerprint density at radius 1 is 1.43 bits per heavy atom. The Kier molecular flexibility index (Phi) is 3.67. The van der Waals surface area contributed by atoms with Crippen LogP contribution in [0.4, 0.5) is 0 Å². The molecule has 0 saturated carbocycles. The van der Waals surface area contributed by atoms with Gasteiger partial charge < -0.3 is 5.73 Å². The lowest BCUT2D eigenvalue weighted by Gasteiger charge is -2.19. The van der Waals surface area contributed by atoms with Crippen LogP contribution in [-0.4, -0.2) is 0 Å².